The molecule has 0 radical (unpaired) electrons. The minimum Gasteiger partial charge on any atom is -0.569 e. The SMILES string of the molecule is CC[C@@H](C)[C@@H](C(=O)NS(=O)(=O)c1ccc(-n2nc(C(F)(F)F)cc2-c2ccc(C)cc2)cc1)N(C)/[N+]([O-])=N\OCOC(=O)c1ccccc1. The molecule has 1 aromatic heterocycles. The van der Waals surface area contributed by atoms with Gasteiger partial charge < -0.3 is 14.8 Å². The first-order valence-corrected chi connectivity index (χ1v) is 16.3. The summed E-state index contributed by atoms with van der Waals surface area (Å²) in [6.45, 7) is 4.46. The number of nitrogens with one attached hydrogen (secondary N) is 1. The van der Waals surface area contributed by atoms with Crippen LogP contribution in [0.25, 0.3) is 16.9 Å². The Labute approximate surface area is 280 Å². The van der Waals surface area contributed by atoms with Gasteiger partial charge in [0.15, 0.2) is 11.7 Å². The van der Waals surface area contributed by atoms with Crippen molar-refractivity contribution in [2.75, 3.05) is 13.8 Å². The second-order valence-corrected chi connectivity index (χ2v) is 12.6. The molecule has 13 nitrogen and oxygen atoms in total. The molecule has 260 valence electrons. The van der Waals surface area contributed by atoms with Crippen LogP contribution in [0.2, 0.25) is 0 Å². The van der Waals surface area contributed by atoms with E-state index in [1.165, 1.54) is 31.3 Å². The summed E-state index contributed by atoms with van der Waals surface area (Å²) in [5.74, 6) is -2.34. The third kappa shape index (κ3) is 8.92. The Morgan fingerprint density at radius 3 is 2.29 bits per heavy atom. The van der Waals surface area contributed by atoms with E-state index in [0.717, 1.165) is 33.5 Å². The molecule has 2 atom stereocenters. The average molecular weight is 703 g/mol. The van der Waals surface area contributed by atoms with Gasteiger partial charge in [0.25, 0.3) is 22.7 Å². The van der Waals surface area contributed by atoms with Crippen molar-refractivity contribution in [2.24, 2.45) is 11.2 Å². The van der Waals surface area contributed by atoms with Crippen LogP contribution in [0.3, 0.4) is 0 Å². The number of hydrazine groups is 1. The van der Waals surface area contributed by atoms with Gasteiger partial charge in [-0.2, -0.15) is 18.3 Å². The van der Waals surface area contributed by atoms with Crippen LogP contribution < -0.4 is 4.72 Å². The van der Waals surface area contributed by atoms with Gasteiger partial charge in [0.05, 0.1) is 33.9 Å². The van der Waals surface area contributed by atoms with Crippen LogP contribution in [-0.2, 0) is 30.6 Å². The third-order valence-electron chi connectivity index (χ3n) is 7.48. The van der Waals surface area contributed by atoms with Crippen LogP contribution in [0.1, 0.15) is 41.9 Å². The summed E-state index contributed by atoms with van der Waals surface area (Å²) < 4.78 is 75.1. The topological polar surface area (TPSA) is 158 Å². The zero-order chi connectivity index (χ0) is 35.9. The molecular weight excluding hydrogens is 669 g/mol. The van der Waals surface area contributed by atoms with Gasteiger partial charge in [-0.1, -0.05) is 68.3 Å². The second-order valence-electron chi connectivity index (χ2n) is 10.9. The standard InChI is InChI=1S/C32H33F3N6O7S/c1-5-22(3)29(39(4)41(44)38-48-20-47-31(43)24-9-7-6-8-10-24)30(42)37-49(45,46)26-17-15-25(16-18-26)40-27(19-28(36-40)32(33,34)35)23-13-11-21(2)12-14-23/h6-19,22,29H,5,20H2,1-4H3,(H,37,42)/b41-38+/t22-,29+/m1/s1. The fourth-order valence-electron chi connectivity index (χ4n) is 4.66. The van der Waals surface area contributed by atoms with Crippen LogP contribution in [0.15, 0.2) is 95.1 Å². The molecule has 0 bridgehead atoms. The van der Waals surface area contributed by atoms with Crippen molar-refractivity contribution in [2.45, 2.75) is 44.3 Å². The van der Waals surface area contributed by atoms with E-state index in [9.17, 15) is 36.4 Å². The van der Waals surface area contributed by atoms with Gasteiger partial charge in [-0.3, -0.25) is 4.79 Å². The first-order valence-electron chi connectivity index (χ1n) is 14.8. The van der Waals surface area contributed by atoms with E-state index in [2.05, 4.69) is 10.4 Å². The van der Waals surface area contributed by atoms with Crippen molar-refractivity contribution >= 4 is 21.9 Å². The number of benzene rings is 3. The van der Waals surface area contributed by atoms with Crippen LogP contribution in [0, 0.1) is 18.0 Å². The van der Waals surface area contributed by atoms with E-state index in [4.69, 9.17) is 9.57 Å². The summed E-state index contributed by atoms with van der Waals surface area (Å²) in [6.07, 6.45) is -4.38. The lowest BCUT2D eigenvalue weighted by molar-refractivity contribution is -0.712. The summed E-state index contributed by atoms with van der Waals surface area (Å²) in [7, 11) is -3.33. The number of carbonyl (C=O) groups is 2. The number of alkyl halides is 3. The zero-order valence-corrected chi connectivity index (χ0v) is 27.6. The summed E-state index contributed by atoms with van der Waals surface area (Å²) >= 11 is 0. The predicted octanol–water partition coefficient (Wildman–Crippen LogP) is 5.64. The molecule has 0 aliphatic rings. The number of rotatable bonds is 13. The third-order valence-corrected chi connectivity index (χ3v) is 8.84. The molecule has 0 saturated carbocycles. The number of aryl methyl sites for hydroxylation is 1. The normalized spacial score (nSPS) is 13.3. The van der Waals surface area contributed by atoms with Crippen LogP contribution in [0.5, 0.6) is 0 Å². The lowest BCUT2D eigenvalue weighted by Gasteiger charge is -2.27. The number of ether oxygens (including phenoxy) is 1. The minimum atomic E-state index is -4.73. The van der Waals surface area contributed by atoms with Gasteiger partial charge in [-0.25, -0.2) is 22.6 Å². The second kappa shape index (κ2) is 15.2. The fraction of sp³-hybridized carbons (Fsp3) is 0.281. The Morgan fingerprint density at radius 2 is 1.69 bits per heavy atom. The molecule has 0 aliphatic carbocycles. The molecule has 0 saturated heterocycles. The van der Waals surface area contributed by atoms with Gasteiger partial charge >= 0.3 is 12.1 Å². The summed E-state index contributed by atoms with van der Waals surface area (Å²) in [4.78, 5) is 29.6. The number of likely N-dealkylation sites (N-methyl/N-ethyl adjacent to an activating group) is 1. The van der Waals surface area contributed by atoms with Crippen LogP contribution >= 0.6 is 0 Å². The number of aromatic nitrogens is 2. The zero-order valence-electron chi connectivity index (χ0n) is 26.8. The first-order chi connectivity index (χ1) is 23.1. The van der Waals surface area contributed by atoms with E-state index in [0.29, 0.717) is 12.0 Å². The molecule has 1 N–H and O–H groups in total. The number of carbonyl (C=O) groups excluding carboxylic acids is 2. The number of esters is 1. The lowest BCUT2D eigenvalue weighted by Crippen LogP contribution is -2.52. The van der Waals surface area contributed by atoms with Gasteiger partial charge in [0, 0.05) is 5.56 Å². The molecular formula is C32H33F3N6O7S. The summed E-state index contributed by atoms with van der Waals surface area (Å²) in [5.41, 5.74) is 0.723. The Hall–Kier alpha value is -5.45. The maximum absolute atomic E-state index is 13.6. The molecule has 17 heteroatoms. The maximum atomic E-state index is 13.6. The summed E-state index contributed by atoms with van der Waals surface area (Å²) in [6, 6.07) is 19.0. The van der Waals surface area contributed by atoms with Gasteiger partial charge in [0.2, 0.25) is 5.28 Å². The van der Waals surface area contributed by atoms with Crippen molar-refractivity contribution in [3.63, 3.8) is 0 Å². The number of amides is 1. The highest BCUT2D eigenvalue weighted by atomic mass is 32.2. The predicted molar refractivity (Wildman–Crippen MR) is 169 cm³/mol. The smallest absolute Gasteiger partial charge is 0.435 e. The number of hydrogen-bond acceptors (Lipinski definition) is 9. The molecule has 3 aromatic carbocycles. The van der Waals surface area contributed by atoms with E-state index in [-0.39, 0.29) is 26.8 Å². The van der Waals surface area contributed by atoms with Crippen LogP contribution in [-0.4, -0.2) is 59.9 Å². The van der Waals surface area contributed by atoms with E-state index in [1.54, 1.807) is 56.3 Å². The first kappa shape index (κ1) is 36.4. The van der Waals surface area contributed by atoms with Crippen molar-refractivity contribution in [1.29, 1.82) is 0 Å². The Bertz CT molecular complexity index is 1900. The van der Waals surface area contributed by atoms with E-state index >= 15 is 0 Å². The molecule has 0 unspecified atom stereocenters. The van der Waals surface area contributed by atoms with Gasteiger partial charge in [-0.05, 0) is 55.3 Å². The largest absolute Gasteiger partial charge is 0.569 e. The average Bonchev–Trinajstić information content (AvgIpc) is 3.53. The molecule has 0 fully saturated rings. The molecule has 4 rings (SSSR count). The number of nitrogens with zero attached hydrogens (tertiary/aromatic N) is 5. The molecule has 4 aromatic rings. The van der Waals surface area contributed by atoms with Crippen LogP contribution in [0.4, 0.5) is 13.2 Å². The highest BCUT2D eigenvalue weighted by Crippen LogP contribution is 2.33. The quantitative estimate of drug-likeness (QED) is 0.0465. The molecule has 1 heterocycles. The Morgan fingerprint density at radius 1 is 1.06 bits per heavy atom. The number of hydrogen-bond donors (Lipinski definition) is 1. The highest BCUT2D eigenvalue weighted by Gasteiger charge is 2.37. The van der Waals surface area contributed by atoms with Gasteiger partial charge in [-0.15, -0.1) is 5.01 Å². The number of halogens is 3. The van der Waals surface area contributed by atoms with E-state index in [1.807, 2.05) is 11.6 Å². The van der Waals surface area contributed by atoms with Crippen molar-refractivity contribution in [3.05, 3.63) is 107 Å². The maximum Gasteiger partial charge on any atom is 0.435 e. The molecule has 0 spiro atoms. The highest BCUT2D eigenvalue weighted by molar-refractivity contribution is 7.90. The molecule has 1 amide bonds. The monoisotopic (exact) mass is 702 g/mol. The van der Waals surface area contributed by atoms with Gasteiger partial charge in [0.1, 0.15) is 0 Å². The summed E-state index contributed by atoms with van der Waals surface area (Å²) in [5, 5.41) is 20.4. The van der Waals surface area contributed by atoms with Crippen molar-refractivity contribution in [1.82, 2.24) is 19.5 Å². The molecule has 0 aliphatic heterocycles. The number of sulfonamides is 1. The minimum absolute atomic E-state index is 0.0842. The fourth-order valence-corrected chi connectivity index (χ4v) is 5.66. The Kier molecular flexibility index (Phi) is 11.3. The molecule has 49 heavy (non-hydrogen) atoms. The Balaban J connectivity index is 1.49. The lowest BCUT2D eigenvalue weighted by atomic mass is 9.98. The van der Waals surface area contributed by atoms with Crippen molar-refractivity contribution < 1.29 is 45.7 Å². The van der Waals surface area contributed by atoms with E-state index < -0.39 is 52.5 Å². The van der Waals surface area contributed by atoms with Crippen molar-refractivity contribution in [3.8, 4) is 16.9 Å².